The van der Waals surface area contributed by atoms with E-state index in [0.717, 1.165) is 25.7 Å². The number of rotatable bonds is 3. The first-order valence-electron chi connectivity index (χ1n) is 8.58. The molecule has 0 aliphatic heterocycles. The van der Waals surface area contributed by atoms with Gasteiger partial charge in [0.1, 0.15) is 0 Å². The van der Waals surface area contributed by atoms with E-state index >= 15 is 0 Å². The van der Waals surface area contributed by atoms with E-state index in [0.29, 0.717) is 24.4 Å². The van der Waals surface area contributed by atoms with Crippen LogP contribution in [0.2, 0.25) is 0 Å². The van der Waals surface area contributed by atoms with Crippen LogP contribution in [0.5, 0.6) is 0 Å². The van der Waals surface area contributed by atoms with Crippen LogP contribution in [0.15, 0.2) is 0 Å². The lowest BCUT2D eigenvalue weighted by Gasteiger charge is -2.42. The van der Waals surface area contributed by atoms with Crippen molar-refractivity contribution in [1.29, 1.82) is 0 Å². The number of carbonyl (C=O) groups is 1. The molecular weight excluding hydrogens is 248 g/mol. The molecule has 1 amide bonds. The SMILES string of the molecule is CC1CCCCC1N(C)C(=O)C1(CN)CCCCCC1. The van der Waals surface area contributed by atoms with Crippen LogP contribution in [0, 0.1) is 11.3 Å². The Bertz CT molecular complexity index is 321. The van der Waals surface area contributed by atoms with Crippen molar-refractivity contribution in [1.82, 2.24) is 4.90 Å². The maximum absolute atomic E-state index is 13.1. The molecule has 0 heterocycles. The number of nitrogens with zero attached hydrogens (tertiary/aromatic N) is 1. The zero-order valence-electron chi connectivity index (χ0n) is 13.4. The highest BCUT2D eigenvalue weighted by atomic mass is 16.2. The molecule has 0 aromatic rings. The molecule has 2 aliphatic carbocycles. The lowest BCUT2D eigenvalue weighted by Crippen LogP contribution is -2.52. The van der Waals surface area contributed by atoms with E-state index < -0.39 is 0 Å². The molecule has 2 fully saturated rings. The molecule has 2 atom stereocenters. The standard InChI is InChI=1S/C17H32N2O/c1-14-9-5-6-10-15(14)19(2)16(20)17(13-18)11-7-3-4-8-12-17/h14-15H,3-13,18H2,1-2H3. The predicted octanol–water partition coefficient (Wildman–Crippen LogP) is 3.32. The van der Waals surface area contributed by atoms with Crippen LogP contribution in [0.4, 0.5) is 0 Å². The van der Waals surface area contributed by atoms with E-state index in [-0.39, 0.29) is 5.41 Å². The maximum Gasteiger partial charge on any atom is 0.230 e. The van der Waals surface area contributed by atoms with E-state index in [9.17, 15) is 4.79 Å². The lowest BCUT2D eigenvalue weighted by molar-refractivity contribution is -0.145. The van der Waals surface area contributed by atoms with Crippen molar-refractivity contribution in [3.63, 3.8) is 0 Å². The Hall–Kier alpha value is -0.570. The van der Waals surface area contributed by atoms with Gasteiger partial charge in [0, 0.05) is 19.6 Å². The summed E-state index contributed by atoms with van der Waals surface area (Å²) < 4.78 is 0. The van der Waals surface area contributed by atoms with Gasteiger partial charge in [-0.1, -0.05) is 45.4 Å². The molecule has 3 nitrogen and oxygen atoms in total. The van der Waals surface area contributed by atoms with Gasteiger partial charge in [-0.2, -0.15) is 0 Å². The summed E-state index contributed by atoms with van der Waals surface area (Å²) in [5, 5.41) is 0. The first-order valence-corrected chi connectivity index (χ1v) is 8.58. The van der Waals surface area contributed by atoms with Crippen molar-refractivity contribution < 1.29 is 4.79 Å². The first-order chi connectivity index (χ1) is 9.60. The molecule has 2 saturated carbocycles. The van der Waals surface area contributed by atoms with Crippen molar-refractivity contribution in [2.75, 3.05) is 13.6 Å². The average molecular weight is 280 g/mol. The number of hydrogen-bond acceptors (Lipinski definition) is 2. The van der Waals surface area contributed by atoms with Crippen LogP contribution in [-0.4, -0.2) is 30.4 Å². The fourth-order valence-corrected chi connectivity index (χ4v) is 4.31. The Morgan fingerprint density at radius 3 is 2.25 bits per heavy atom. The van der Waals surface area contributed by atoms with Crippen molar-refractivity contribution >= 4 is 5.91 Å². The van der Waals surface area contributed by atoms with Gasteiger partial charge in [-0.3, -0.25) is 4.79 Å². The van der Waals surface area contributed by atoms with Gasteiger partial charge >= 0.3 is 0 Å². The Labute approximate surface area is 124 Å². The van der Waals surface area contributed by atoms with Gasteiger partial charge in [-0.15, -0.1) is 0 Å². The van der Waals surface area contributed by atoms with Crippen molar-refractivity contribution in [3.8, 4) is 0 Å². The number of hydrogen-bond donors (Lipinski definition) is 1. The molecule has 0 bridgehead atoms. The summed E-state index contributed by atoms with van der Waals surface area (Å²) in [4.78, 5) is 15.2. The predicted molar refractivity (Wildman–Crippen MR) is 83.4 cm³/mol. The summed E-state index contributed by atoms with van der Waals surface area (Å²) in [6.45, 7) is 2.83. The molecule has 0 aromatic carbocycles. The monoisotopic (exact) mass is 280 g/mol. The Morgan fingerprint density at radius 2 is 1.70 bits per heavy atom. The first kappa shape index (κ1) is 15.8. The molecule has 2 N–H and O–H groups in total. The summed E-state index contributed by atoms with van der Waals surface area (Å²) in [7, 11) is 2.02. The topological polar surface area (TPSA) is 46.3 Å². The van der Waals surface area contributed by atoms with Gasteiger partial charge in [0.2, 0.25) is 5.91 Å². The molecule has 3 heteroatoms. The molecule has 2 aliphatic rings. The second-order valence-electron chi connectivity index (χ2n) is 7.14. The number of amides is 1. The molecule has 0 saturated heterocycles. The molecule has 20 heavy (non-hydrogen) atoms. The van der Waals surface area contributed by atoms with Gasteiger partial charge < -0.3 is 10.6 Å². The fourth-order valence-electron chi connectivity index (χ4n) is 4.31. The Kier molecular flexibility index (Phi) is 5.48. The van der Waals surface area contributed by atoms with E-state index in [1.807, 2.05) is 7.05 Å². The quantitative estimate of drug-likeness (QED) is 0.806. The molecule has 2 rings (SSSR count). The van der Waals surface area contributed by atoms with E-state index in [4.69, 9.17) is 5.73 Å². The van der Waals surface area contributed by atoms with Gasteiger partial charge in [-0.25, -0.2) is 0 Å². The second kappa shape index (κ2) is 6.93. The second-order valence-corrected chi connectivity index (χ2v) is 7.14. The number of carbonyl (C=O) groups excluding carboxylic acids is 1. The third-order valence-electron chi connectivity index (χ3n) is 5.79. The van der Waals surface area contributed by atoms with Gasteiger partial charge in [-0.05, 0) is 31.6 Å². The van der Waals surface area contributed by atoms with Crippen LogP contribution < -0.4 is 5.73 Å². The maximum atomic E-state index is 13.1. The smallest absolute Gasteiger partial charge is 0.230 e. The molecule has 2 unspecified atom stereocenters. The fraction of sp³-hybridized carbons (Fsp3) is 0.941. The molecule has 0 aromatic heterocycles. The highest BCUT2D eigenvalue weighted by Gasteiger charge is 2.41. The Balaban J connectivity index is 2.10. The summed E-state index contributed by atoms with van der Waals surface area (Å²) in [6.07, 6.45) is 11.9. The van der Waals surface area contributed by atoms with Crippen LogP contribution in [-0.2, 0) is 4.79 Å². The zero-order valence-corrected chi connectivity index (χ0v) is 13.4. The highest BCUT2D eigenvalue weighted by Crippen LogP contribution is 2.38. The molecular formula is C17H32N2O. The largest absolute Gasteiger partial charge is 0.342 e. The lowest BCUT2D eigenvalue weighted by atomic mass is 9.77. The number of nitrogens with two attached hydrogens (primary N) is 1. The van der Waals surface area contributed by atoms with Gasteiger partial charge in [0.15, 0.2) is 0 Å². The summed E-state index contributed by atoms with van der Waals surface area (Å²) >= 11 is 0. The third kappa shape index (κ3) is 3.19. The Morgan fingerprint density at radius 1 is 1.10 bits per heavy atom. The summed E-state index contributed by atoms with van der Waals surface area (Å²) in [5.74, 6) is 0.971. The van der Waals surface area contributed by atoms with Crippen molar-refractivity contribution in [3.05, 3.63) is 0 Å². The zero-order chi connectivity index (χ0) is 14.6. The highest BCUT2D eigenvalue weighted by molar-refractivity contribution is 5.83. The van der Waals surface area contributed by atoms with E-state index in [2.05, 4.69) is 11.8 Å². The third-order valence-corrected chi connectivity index (χ3v) is 5.79. The molecule has 116 valence electrons. The summed E-state index contributed by atoms with van der Waals surface area (Å²) in [6, 6.07) is 0.433. The van der Waals surface area contributed by atoms with Crippen LogP contribution in [0.1, 0.15) is 71.1 Å². The van der Waals surface area contributed by atoms with Crippen molar-refractivity contribution in [2.45, 2.75) is 77.2 Å². The molecule has 0 spiro atoms. The minimum atomic E-state index is -0.261. The average Bonchev–Trinajstić information content (AvgIpc) is 2.72. The van der Waals surface area contributed by atoms with Crippen LogP contribution in [0.25, 0.3) is 0 Å². The van der Waals surface area contributed by atoms with Crippen molar-refractivity contribution in [2.24, 2.45) is 17.1 Å². The van der Waals surface area contributed by atoms with Gasteiger partial charge in [0.05, 0.1) is 5.41 Å². The normalized spacial score (nSPS) is 30.6. The van der Waals surface area contributed by atoms with E-state index in [1.54, 1.807) is 0 Å². The van der Waals surface area contributed by atoms with E-state index in [1.165, 1.54) is 38.5 Å². The van der Waals surface area contributed by atoms with Crippen LogP contribution in [0.3, 0.4) is 0 Å². The minimum absolute atomic E-state index is 0.261. The minimum Gasteiger partial charge on any atom is -0.342 e. The molecule has 0 radical (unpaired) electrons. The van der Waals surface area contributed by atoms with Crippen LogP contribution >= 0.6 is 0 Å². The summed E-state index contributed by atoms with van der Waals surface area (Å²) in [5.41, 5.74) is 5.80. The van der Waals surface area contributed by atoms with Gasteiger partial charge in [0.25, 0.3) is 0 Å².